The summed E-state index contributed by atoms with van der Waals surface area (Å²) in [6.45, 7) is 0. The Morgan fingerprint density at radius 3 is 2.29 bits per heavy atom. The Balaban J connectivity index is 2.10. The van der Waals surface area contributed by atoms with E-state index in [0.717, 1.165) is 4.90 Å². The predicted octanol–water partition coefficient (Wildman–Crippen LogP) is 3.80. The molecule has 0 saturated heterocycles. The summed E-state index contributed by atoms with van der Waals surface area (Å²) in [6.07, 6.45) is 1.92. The highest BCUT2D eigenvalue weighted by atomic mass is 35.5. The molecule has 0 aliphatic rings. The van der Waals surface area contributed by atoms with Crippen LogP contribution in [0, 0.1) is 0 Å². The van der Waals surface area contributed by atoms with E-state index in [1.165, 1.54) is 31.0 Å². The molecule has 0 aliphatic heterocycles. The quantitative estimate of drug-likeness (QED) is 0.621. The van der Waals surface area contributed by atoms with Crippen LogP contribution in [0.4, 0.5) is 0 Å². The molecule has 0 aromatic heterocycles. The number of rotatable bonds is 4. The van der Waals surface area contributed by atoms with Gasteiger partial charge in [-0.3, -0.25) is 20.4 Å². The number of thioether (sulfide) groups is 1. The molecule has 8 heteroatoms. The van der Waals surface area contributed by atoms with Gasteiger partial charge in [0.25, 0.3) is 11.8 Å². The molecule has 2 aromatic carbocycles. The van der Waals surface area contributed by atoms with Crippen molar-refractivity contribution in [1.29, 1.82) is 0 Å². The highest BCUT2D eigenvalue weighted by Gasteiger charge is 2.16. The maximum absolute atomic E-state index is 12.2. The van der Waals surface area contributed by atoms with Crippen LogP contribution in [-0.4, -0.2) is 25.2 Å². The van der Waals surface area contributed by atoms with E-state index in [4.69, 9.17) is 27.9 Å². The van der Waals surface area contributed by atoms with Crippen LogP contribution in [0.3, 0.4) is 0 Å². The molecule has 0 spiro atoms. The molecule has 2 N–H and O–H groups in total. The standard InChI is InChI=1S/C16H14Cl2N2O3S/c1-23-14-8-10(24-2)4-5-11(14)15(21)19-20-16(22)12-7-9(17)3-6-13(12)18/h3-8H,1-2H3,(H,19,21)(H,20,22). The van der Waals surface area contributed by atoms with E-state index < -0.39 is 11.8 Å². The van der Waals surface area contributed by atoms with E-state index in [9.17, 15) is 9.59 Å². The normalized spacial score (nSPS) is 10.2. The predicted molar refractivity (Wildman–Crippen MR) is 96.2 cm³/mol. The van der Waals surface area contributed by atoms with Crippen LogP contribution >= 0.6 is 35.0 Å². The summed E-state index contributed by atoms with van der Waals surface area (Å²) in [7, 11) is 1.47. The van der Waals surface area contributed by atoms with E-state index >= 15 is 0 Å². The zero-order valence-corrected chi connectivity index (χ0v) is 15.2. The van der Waals surface area contributed by atoms with E-state index in [1.54, 1.807) is 24.3 Å². The van der Waals surface area contributed by atoms with Gasteiger partial charge < -0.3 is 4.74 Å². The number of hydrogen-bond acceptors (Lipinski definition) is 4. The number of amides is 2. The third kappa shape index (κ3) is 4.35. The number of ether oxygens (including phenoxy) is 1. The summed E-state index contributed by atoms with van der Waals surface area (Å²) in [6, 6.07) is 9.65. The average molecular weight is 385 g/mol. The minimum Gasteiger partial charge on any atom is -0.496 e. The third-order valence-corrected chi connectivity index (χ3v) is 4.41. The first-order valence-corrected chi connectivity index (χ1v) is 8.72. The molecule has 24 heavy (non-hydrogen) atoms. The number of halogens is 2. The highest BCUT2D eigenvalue weighted by Crippen LogP contribution is 2.25. The van der Waals surface area contributed by atoms with Crippen molar-refractivity contribution >= 4 is 46.8 Å². The second-order valence-electron chi connectivity index (χ2n) is 4.60. The maximum Gasteiger partial charge on any atom is 0.273 e. The Morgan fingerprint density at radius 2 is 1.67 bits per heavy atom. The first-order valence-electron chi connectivity index (χ1n) is 6.74. The lowest BCUT2D eigenvalue weighted by molar-refractivity contribution is 0.0845. The summed E-state index contributed by atoms with van der Waals surface area (Å²) in [5.74, 6) is -0.670. The van der Waals surface area contributed by atoms with Crippen molar-refractivity contribution in [2.45, 2.75) is 4.90 Å². The Kier molecular flexibility index (Phi) is 6.36. The summed E-state index contributed by atoms with van der Waals surface area (Å²) in [5.41, 5.74) is 5.09. The van der Waals surface area contributed by atoms with Gasteiger partial charge in [-0.25, -0.2) is 0 Å². The SMILES string of the molecule is COc1cc(SC)ccc1C(=O)NNC(=O)c1cc(Cl)ccc1Cl. The fraction of sp³-hybridized carbons (Fsp3) is 0.125. The van der Waals surface area contributed by atoms with Crippen LogP contribution in [0.2, 0.25) is 10.0 Å². The minimum atomic E-state index is -0.574. The lowest BCUT2D eigenvalue weighted by Crippen LogP contribution is -2.41. The Bertz CT molecular complexity index is 784. The molecule has 0 radical (unpaired) electrons. The van der Waals surface area contributed by atoms with Crippen LogP contribution in [0.1, 0.15) is 20.7 Å². The lowest BCUT2D eigenvalue weighted by atomic mass is 10.2. The van der Waals surface area contributed by atoms with Gasteiger partial charge in [0, 0.05) is 9.92 Å². The molecule has 2 rings (SSSR count). The van der Waals surface area contributed by atoms with Crippen LogP contribution < -0.4 is 15.6 Å². The van der Waals surface area contributed by atoms with Crippen molar-refractivity contribution < 1.29 is 14.3 Å². The van der Waals surface area contributed by atoms with Gasteiger partial charge in [0.1, 0.15) is 5.75 Å². The smallest absolute Gasteiger partial charge is 0.273 e. The summed E-state index contributed by atoms with van der Waals surface area (Å²) < 4.78 is 5.21. The Hall–Kier alpha value is -1.89. The second-order valence-corrected chi connectivity index (χ2v) is 6.32. The first-order chi connectivity index (χ1) is 11.5. The summed E-state index contributed by atoms with van der Waals surface area (Å²) >= 11 is 13.3. The van der Waals surface area contributed by atoms with Crippen LogP contribution in [0.5, 0.6) is 5.75 Å². The number of hydrazine groups is 1. The van der Waals surface area contributed by atoms with Gasteiger partial charge in [-0.05, 0) is 42.7 Å². The van der Waals surface area contributed by atoms with E-state index in [2.05, 4.69) is 10.9 Å². The van der Waals surface area contributed by atoms with E-state index in [-0.39, 0.29) is 10.6 Å². The molecule has 0 saturated carbocycles. The molecule has 0 aliphatic carbocycles. The molecular weight excluding hydrogens is 371 g/mol. The molecule has 0 atom stereocenters. The van der Waals surface area contributed by atoms with Gasteiger partial charge in [-0.1, -0.05) is 23.2 Å². The van der Waals surface area contributed by atoms with Crippen molar-refractivity contribution in [3.8, 4) is 5.75 Å². The molecule has 0 bridgehead atoms. The Morgan fingerprint density at radius 1 is 1.00 bits per heavy atom. The molecule has 2 amide bonds. The Labute approximate surface area is 153 Å². The maximum atomic E-state index is 12.2. The van der Waals surface area contributed by atoms with E-state index in [1.807, 2.05) is 6.26 Å². The van der Waals surface area contributed by atoms with Gasteiger partial charge in [0.05, 0.1) is 23.3 Å². The fourth-order valence-corrected chi connectivity index (χ4v) is 2.71. The topological polar surface area (TPSA) is 67.4 Å². The minimum absolute atomic E-state index is 0.161. The number of methoxy groups -OCH3 is 1. The summed E-state index contributed by atoms with van der Waals surface area (Å²) in [4.78, 5) is 25.3. The van der Waals surface area contributed by atoms with Gasteiger partial charge >= 0.3 is 0 Å². The molecular formula is C16H14Cl2N2O3S. The number of hydrogen-bond donors (Lipinski definition) is 2. The molecule has 126 valence electrons. The van der Waals surface area contributed by atoms with E-state index in [0.29, 0.717) is 16.3 Å². The van der Waals surface area contributed by atoms with Crippen LogP contribution in [0.15, 0.2) is 41.3 Å². The second kappa shape index (κ2) is 8.28. The number of nitrogens with one attached hydrogen (secondary N) is 2. The van der Waals surface area contributed by atoms with Crippen LogP contribution in [0.25, 0.3) is 0 Å². The van der Waals surface area contributed by atoms with Crippen molar-refractivity contribution in [3.05, 3.63) is 57.6 Å². The van der Waals surface area contributed by atoms with Gasteiger partial charge in [0.15, 0.2) is 0 Å². The van der Waals surface area contributed by atoms with Crippen LogP contribution in [-0.2, 0) is 0 Å². The molecule has 0 unspecified atom stereocenters. The molecule has 0 heterocycles. The lowest BCUT2D eigenvalue weighted by Gasteiger charge is -2.12. The van der Waals surface area contributed by atoms with Gasteiger partial charge in [0.2, 0.25) is 0 Å². The molecule has 2 aromatic rings. The molecule has 5 nitrogen and oxygen atoms in total. The monoisotopic (exact) mass is 384 g/mol. The summed E-state index contributed by atoms with van der Waals surface area (Å²) in [5, 5.41) is 0.596. The zero-order valence-electron chi connectivity index (χ0n) is 12.9. The third-order valence-electron chi connectivity index (χ3n) is 3.12. The van der Waals surface area contributed by atoms with Gasteiger partial charge in [-0.15, -0.1) is 11.8 Å². The average Bonchev–Trinajstić information content (AvgIpc) is 2.60. The van der Waals surface area contributed by atoms with Crippen molar-refractivity contribution in [2.75, 3.05) is 13.4 Å². The number of benzene rings is 2. The van der Waals surface area contributed by atoms with Crippen molar-refractivity contribution in [1.82, 2.24) is 10.9 Å². The van der Waals surface area contributed by atoms with Crippen molar-refractivity contribution in [3.63, 3.8) is 0 Å². The highest BCUT2D eigenvalue weighted by molar-refractivity contribution is 7.98. The molecule has 0 fully saturated rings. The van der Waals surface area contributed by atoms with Gasteiger partial charge in [-0.2, -0.15) is 0 Å². The van der Waals surface area contributed by atoms with Crippen molar-refractivity contribution in [2.24, 2.45) is 0 Å². The number of carbonyl (C=O) groups excluding carboxylic acids is 2. The number of carbonyl (C=O) groups is 2. The fourth-order valence-electron chi connectivity index (χ4n) is 1.91. The largest absolute Gasteiger partial charge is 0.496 e. The zero-order chi connectivity index (χ0) is 17.7. The first kappa shape index (κ1) is 18.4.